The largest absolute Gasteiger partial charge is 0.459 e. The highest BCUT2D eigenvalue weighted by atomic mass is 16.3. The van der Waals surface area contributed by atoms with Crippen LogP contribution in [0.4, 0.5) is 11.6 Å². The second-order valence-corrected chi connectivity index (χ2v) is 4.99. The number of nitrogens with one attached hydrogen (secondary N) is 1. The average molecular weight is 287 g/mol. The Labute approximate surface area is 122 Å². The average Bonchev–Trinajstić information content (AvgIpc) is 3.03. The van der Waals surface area contributed by atoms with Crippen LogP contribution in [0.2, 0.25) is 0 Å². The Hall–Kier alpha value is -2.41. The van der Waals surface area contributed by atoms with E-state index in [-0.39, 0.29) is 11.7 Å². The second kappa shape index (κ2) is 5.92. The Morgan fingerprint density at radius 1 is 1.24 bits per heavy atom. The third kappa shape index (κ3) is 3.19. The number of carbonyl (C=O) groups is 1. The minimum absolute atomic E-state index is 0.262. The number of anilines is 2. The molecule has 21 heavy (non-hydrogen) atoms. The molecular weight excluding hydrogens is 270 g/mol. The van der Waals surface area contributed by atoms with Crippen LogP contribution in [0.25, 0.3) is 0 Å². The van der Waals surface area contributed by atoms with Crippen molar-refractivity contribution in [1.82, 2.24) is 14.9 Å². The van der Waals surface area contributed by atoms with Crippen molar-refractivity contribution in [2.45, 2.75) is 0 Å². The van der Waals surface area contributed by atoms with E-state index in [0.29, 0.717) is 11.6 Å². The van der Waals surface area contributed by atoms with Crippen molar-refractivity contribution in [2.24, 2.45) is 0 Å². The highest BCUT2D eigenvalue weighted by Gasteiger charge is 2.16. The minimum atomic E-state index is -0.309. The van der Waals surface area contributed by atoms with E-state index in [0.717, 1.165) is 26.2 Å². The summed E-state index contributed by atoms with van der Waals surface area (Å²) in [6.45, 7) is 3.82. The lowest BCUT2D eigenvalue weighted by Crippen LogP contribution is -2.45. The summed E-state index contributed by atoms with van der Waals surface area (Å²) < 4.78 is 5.03. The summed E-state index contributed by atoms with van der Waals surface area (Å²) in [5.74, 6) is 0.646. The van der Waals surface area contributed by atoms with Gasteiger partial charge in [0.1, 0.15) is 0 Å². The van der Waals surface area contributed by atoms with Gasteiger partial charge in [0, 0.05) is 26.2 Å². The molecule has 2 aromatic heterocycles. The maximum Gasteiger partial charge on any atom is 0.291 e. The molecule has 0 spiro atoms. The molecule has 0 unspecified atom stereocenters. The van der Waals surface area contributed by atoms with Gasteiger partial charge >= 0.3 is 0 Å². The zero-order valence-corrected chi connectivity index (χ0v) is 11.8. The number of furan rings is 1. The van der Waals surface area contributed by atoms with Gasteiger partial charge in [-0.05, 0) is 19.2 Å². The van der Waals surface area contributed by atoms with Gasteiger partial charge in [0.15, 0.2) is 5.76 Å². The van der Waals surface area contributed by atoms with E-state index >= 15 is 0 Å². The number of nitrogens with zero attached hydrogens (tertiary/aromatic N) is 4. The fourth-order valence-corrected chi connectivity index (χ4v) is 2.16. The quantitative estimate of drug-likeness (QED) is 0.910. The van der Waals surface area contributed by atoms with Crippen molar-refractivity contribution < 1.29 is 9.21 Å². The van der Waals surface area contributed by atoms with Crippen LogP contribution in [0, 0.1) is 0 Å². The number of amides is 1. The van der Waals surface area contributed by atoms with Crippen molar-refractivity contribution in [3.63, 3.8) is 0 Å². The molecule has 1 aliphatic heterocycles. The van der Waals surface area contributed by atoms with Crippen LogP contribution in [-0.4, -0.2) is 54.0 Å². The van der Waals surface area contributed by atoms with Crippen molar-refractivity contribution in [1.29, 1.82) is 0 Å². The fraction of sp³-hybridized carbons (Fsp3) is 0.357. The van der Waals surface area contributed by atoms with Crippen molar-refractivity contribution in [2.75, 3.05) is 43.4 Å². The summed E-state index contributed by atoms with van der Waals surface area (Å²) >= 11 is 0. The van der Waals surface area contributed by atoms with Gasteiger partial charge in [-0.25, -0.2) is 9.97 Å². The lowest BCUT2D eigenvalue weighted by molar-refractivity contribution is 0.0996. The molecule has 1 amide bonds. The maximum atomic E-state index is 11.8. The van der Waals surface area contributed by atoms with Crippen molar-refractivity contribution in [3.8, 4) is 0 Å². The van der Waals surface area contributed by atoms with Crippen molar-refractivity contribution >= 4 is 17.5 Å². The fourth-order valence-electron chi connectivity index (χ4n) is 2.16. The van der Waals surface area contributed by atoms with E-state index in [4.69, 9.17) is 4.42 Å². The van der Waals surface area contributed by atoms with E-state index in [2.05, 4.69) is 32.1 Å². The van der Waals surface area contributed by atoms with Crippen LogP contribution in [-0.2, 0) is 0 Å². The molecule has 0 radical (unpaired) electrons. The first-order chi connectivity index (χ1) is 10.2. The van der Waals surface area contributed by atoms with E-state index < -0.39 is 0 Å². The SMILES string of the molecule is CN1CCN(c2ncc(NC(=O)c3ccco3)cn2)CC1. The molecule has 0 atom stereocenters. The Morgan fingerprint density at radius 2 is 1.95 bits per heavy atom. The molecule has 0 aromatic carbocycles. The third-order valence-corrected chi connectivity index (χ3v) is 3.43. The molecule has 0 saturated carbocycles. The van der Waals surface area contributed by atoms with Gasteiger partial charge in [-0.2, -0.15) is 0 Å². The molecule has 1 saturated heterocycles. The Balaban J connectivity index is 1.63. The molecule has 1 aliphatic rings. The predicted molar refractivity (Wildman–Crippen MR) is 78.4 cm³/mol. The first-order valence-electron chi connectivity index (χ1n) is 6.83. The summed E-state index contributed by atoms with van der Waals surface area (Å²) in [7, 11) is 2.10. The van der Waals surface area contributed by atoms with Crippen LogP contribution in [0.15, 0.2) is 35.2 Å². The Bertz CT molecular complexity index is 588. The van der Waals surface area contributed by atoms with E-state index in [1.54, 1.807) is 24.5 Å². The number of rotatable bonds is 3. The van der Waals surface area contributed by atoms with Gasteiger partial charge in [0.25, 0.3) is 5.91 Å². The lowest BCUT2D eigenvalue weighted by atomic mass is 10.3. The molecule has 7 nitrogen and oxygen atoms in total. The van der Waals surface area contributed by atoms with Crippen molar-refractivity contribution in [3.05, 3.63) is 36.5 Å². The van der Waals surface area contributed by atoms with Crippen LogP contribution < -0.4 is 10.2 Å². The Kier molecular flexibility index (Phi) is 3.83. The lowest BCUT2D eigenvalue weighted by Gasteiger charge is -2.32. The normalized spacial score (nSPS) is 16.0. The molecule has 1 fully saturated rings. The number of aromatic nitrogens is 2. The smallest absolute Gasteiger partial charge is 0.291 e. The zero-order chi connectivity index (χ0) is 14.7. The summed E-state index contributed by atoms with van der Waals surface area (Å²) in [6.07, 6.45) is 4.69. The maximum absolute atomic E-state index is 11.8. The topological polar surface area (TPSA) is 74.5 Å². The first-order valence-corrected chi connectivity index (χ1v) is 6.83. The number of likely N-dealkylation sites (N-methyl/N-ethyl adjacent to an activating group) is 1. The van der Waals surface area contributed by atoms with E-state index in [9.17, 15) is 4.79 Å². The molecule has 0 aliphatic carbocycles. The van der Waals surface area contributed by atoms with Gasteiger partial charge < -0.3 is 19.5 Å². The van der Waals surface area contributed by atoms with Crippen LogP contribution in [0.5, 0.6) is 0 Å². The molecule has 1 N–H and O–H groups in total. The van der Waals surface area contributed by atoms with Gasteiger partial charge in [0.05, 0.1) is 24.3 Å². The summed E-state index contributed by atoms with van der Waals surface area (Å²) in [4.78, 5) is 24.9. The molecule has 110 valence electrons. The highest BCUT2D eigenvalue weighted by molar-refractivity contribution is 6.02. The second-order valence-electron chi connectivity index (χ2n) is 4.99. The van der Waals surface area contributed by atoms with Gasteiger partial charge in [-0.1, -0.05) is 0 Å². The minimum Gasteiger partial charge on any atom is -0.459 e. The predicted octanol–water partition coefficient (Wildman–Crippen LogP) is 1.07. The first kappa shape index (κ1) is 13.6. The van der Waals surface area contributed by atoms with Crippen LogP contribution in [0.3, 0.4) is 0 Å². The summed E-state index contributed by atoms with van der Waals surface area (Å²) in [5.41, 5.74) is 0.550. The molecule has 2 aromatic rings. The monoisotopic (exact) mass is 287 g/mol. The van der Waals surface area contributed by atoms with E-state index in [1.165, 1.54) is 6.26 Å². The molecular formula is C14H17N5O2. The molecule has 3 heterocycles. The van der Waals surface area contributed by atoms with Gasteiger partial charge in [-0.15, -0.1) is 0 Å². The van der Waals surface area contributed by atoms with Crippen LogP contribution >= 0.6 is 0 Å². The number of hydrogen-bond acceptors (Lipinski definition) is 6. The summed E-state index contributed by atoms with van der Waals surface area (Å²) in [5, 5.41) is 2.70. The summed E-state index contributed by atoms with van der Waals surface area (Å²) in [6, 6.07) is 3.27. The molecule has 0 bridgehead atoms. The van der Waals surface area contributed by atoms with Gasteiger partial charge in [-0.3, -0.25) is 4.79 Å². The third-order valence-electron chi connectivity index (χ3n) is 3.43. The number of carbonyl (C=O) groups excluding carboxylic acids is 1. The molecule has 7 heteroatoms. The number of hydrogen-bond donors (Lipinski definition) is 1. The van der Waals surface area contributed by atoms with Gasteiger partial charge in [0.2, 0.25) is 5.95 Å². The van der Waals surface area contributed by atoms with Crippen LogP contribution in [0.1, 0.15) is 10.6 Å². The molecule has 3 rings (SSSR count). The standard InChI is InChI=1S/C14H17N5O2/c1-18-4-6-19(7-5-18)14-15-9-11(10-16-14)17-13(20)12-3-2-8-21-12/h2-3,8-10H,4-7H2,1H3,(H,17,20). The highest BCUT2D eigenvalue weighted by Crippen LogP contribution is 2.13. The van der Waals surface area contributed by atoms with E-state index in [1.807, 2.05) is 0 Å². The Morgan fingerprint density at radius 3 is 2.57 bits per heavy atom. The number of piperazine rings is 1. The zero-order valence-electron chi connectivity index (χ0n) is 11.8.